The number of nitrogens with zero attached hydrogens (tertiary/aromatic N) is 1. The summed E-state index contributed by atoms with van der Waals surface area (Å²) in [5.41, 5.74) is 0.0489. The van der Waals surface area contributed by atoms with Crippen LogP contribution in [-0.2, 0) is 30.9 Å². The Morgan fingerprint density at radius 3 is 2.33 bits per heavy atom. The SMILES string of the molecule is CC(=O)O.O=[N+]([O-])c1ccc(O)[c]([Hg])c1. The van der Waals surface area contributed by atoms with Crippen LogP contribution in [0.2, 0.25) is 0 Å². The number of phenolic OH excluding ortho intramolecular Hbond substituents is 1. The predicted molar refractivity (Wildman–Crippen MR) is 47.7 cm³/mol. The number of hydrogen-bond acceptors (Lipinski definition) is 4. The summed E-state index contributed by atoms with van der Waals surface area (Å²) in [6, 6.07) is 4.07. The molecule has 0 saturated heterocycles. The number of hydrogen-bond donors (Lipinski definition) is 2. The summed E-state index contributed by atoms with van der Waals surface area (Å²) in [6.07, 6.45) is 0. The molecule has 2 N–H and O–H groups in total. The number of rotatable bonds is 1. The maximum absolute atomic E-state index is 10.2. The molecule has 0 aliphatic heterocycles. The van der Waals surface area contributed by atoms with E-state index < -0.39 is 10.9 Å². The Morgan fingerprint density at radius 1 is 1.53 bits per heavy atom. The number of non-ortho nitro benzene ring substituents is 1. The molecule has 0 aliphatic rings. The van der Waals surface area contributed by atoms with Gasteiger partial charge in [-0.15, -0.1) is 0 Å². The van der Waals surface area contributed by atoms with Crippen LogP contribution < -0.4 is 3.07 Å². The molecule has 0 amide bonds. The van der Waals surface area contributed by atoms with E-state index in [2.05, 4.69) is 0 Å². The number of carbonyl (C=O) groups is 1. The molecule has 7 heteroatoms. The first kappa shape index (κ1) is 13.8. The van der Waals surface area contributed by atoms with E-state index in [1.807, 2.05) is 0 Å². The van der Waals surface area contributed by atoms with Gasteiger partial charge in [0.15, 0.2) is 0 Å². The van der Waals surface area contributed by atoms with Gasteiger partial charge in [-0.3, -0.25) is 4.79 Å². The topological polar surface area (TPSA) is 101 Å². The van der Waals surface area contributed by atoms with E-state index in [0.717, 1.165) is 6.92 Å². The molecule has 77 valence electrons. The molecular formula is C8H8HgNO5. The number of carboxylic acids is 1. The van der Waals surface area contributed by atoms with Gasteiger partial charge in [-0.1, -0.05) is 0 Å². The Bertz CT molecular complexity index is 375. The summed E-state index contributed by atoms with van der Waals surface area (Å²) in [5.74, 6) is -0.668. The average Bonchev–Trinajstić information content (AvgIpc) is 2.08. The van der Waals surface area contributed by atoms with E-state index in [-0.39, 0.29) is 37.6 Å². The molecule has 0 unspecified atom stereocenters. The third-order valence-corrected chi connectivity index (χ3v) is 3.48. The van der Waals surface area contributed by atoms with Gasteiger partial charge in [-0.05, 0) is 0 Å². The Hall–Kier alpha value is -1.17. The minimum absolute atomic E-state index is 0.0489. The zero-order chi connectivity index (χ0) is 12.0. The second-order valence-corrected chi connectivity index (χ2v) is 5.55. The fraction of sp³-hybridized carbons (Fsp3) is 0.125. The number of phenols is 1. The molecule has 15 heavy (non-hydrogen) atoms. The molecule has 0 heterocycles. The first-order valence-corrected chi connectivity index (χ1v) is 6.58. The van der Waals surface area contributed by atoms with Crippen LogP contribution in [0.4, 0.5) is 5.69 Å². The summed E-state index contributed by atoms with van der Waals surface area (Å²) in [6.45, 7) is 1.08. The van der Waals surface area contributed by atoms with Crippen molar-refractivity contribution in [1.29, 1.82) is 0 Å². The normalized spacial score (nSPS) is 8.73. The van der Waals surface area contributed by atoms with Gasteiger partial charge in [0.2, 0.25) is 0 Å². The fourth-order valence-corrected chi connectivity index (χ4v) is 1.96. The van der Waals surface area contributed by atoms with Crippen molar-refractivity contribution in [3.63, 3.8) is 0 Å². The first-order valence-electron chi connectivity index (χ1n) is 3.83. The summed E-state index contributed by atoms with van der Waals surface area (Å²) in [4.78, 5) is 18.7. The van der Waals surface area contributed by atoms with Crippen molar-refractivity contribution in [3.05, 3.63) is 28.3 Å². The third kappa shape index (κ3) is 6.00. The second kappa shape index (κ2) is 6.34. The van der Waals surface area contributed by atoms with Crippen LogP contribution in [0, 0.1) is 10.1 Å². The van der Waals surface area contributed by atoms with Gasteiger partial charge in [-0.2, -0.15) is 0 Å². The van der Waals surface area contributed by atoms with Crippen LogP contribution in [0.5, 0.6) is 5.75 Å². The summed E-state index contributed by atoms with van der Waals surface area (Å²) >= 11 is 0.217. The number of nitro benzene ring substituents is 1. The zero-order valence-electron chi connectivity index (χ0n) is 8.01. The summed E-state index contributed by atoms with van der Waals surface area (Å²) in [7, 11) is 0. The van der Waals surface area contributed by atoms with Gasteiger partial charge >= 0.3 is 79.0 Å². The molecule has 1 aromatic carbocycles. The van der Waals surface area contributed by atoms with Gasteiger partial charge in [0.05, 0.1) is 0 Å². The standard InChI is InChI=1S/C6H4NO3.C2H4O2.Hg/c8-6-3-1-5(2-4-6)7(9)10;1-2(3)4;/h1-3,8H;1H3,(H,3,4);. The van der Waals surface area contributed by atoms with Crippen LogP contribution in [0.1, 0.15) is 6.92 Å². The van der Waals surface area contributed by atoms with Crippen molar-refractivity contribution in [2.75, 3.05) is 0 Å². The fourth-order valence-electron chi connectivity index (χ4n) is 0.685. The van der Waals surface area contributed by atoms with Gasteiger partial charge in [-0.25, -0.2) is 0 Å². The number of aliphatic carboxylic acids is 1. The van der Waals surface area contributed by atoms with E-state index >= 15 is 0 Å². The monoisotopic (exact) mass is 400 g/mol. The van der Waals surface area contributed by atoms with E-state index in [1.54, 1.807) is 0 Å². The zero-order valence-corrected chi connectivity index (χ0v) is 13.5. The summed E-state index contributed by atoms with van der Waals surface area (Å²) in [5, 5.41) is 26.7. The van der Waals surface area contributed by atoms with Crippen LogP contribution in [-0.4, -0.2) is 21.1 Å². The molecule has 0 saturated carbocycles. The summed E-state index contributed by atoms with van der Waals surface area (Å²) < 4.78 is 0.708. The quantitative estimate of drug-likeness (QED) is 0.409. The van der Waals surface area contributed by atoms with Crippen molar-refractivity contribution in [3.8, 4) is 5.75 Å². The van der Waals surface area contributed by atoms with Crippen molar-refractivity contribution in [2.45, 2.75) is 6.92 Å². The van der Waals surface area contributed by atoms with Crippen molar-refractivity contribution in [2.24, 2.45) is 0 Å². The second-order valence-electron chi connectivity index (χ2n) is 2.59. The Balaban J connectivity index is 0.000000423. The van der Waals surface area contributed by atoms with E-state index in [1.165, 1.54) is 18.2 Å². The van der Waals surface area contributed by atoms with E-state index in [0.29, 0.717) is 3.07 Å². The molecule has 0 fully saturated rings. The molecule has 0 atom stereocenters. The Labute approximate surface area is 102 Å². The molecule has 6 nitrogen and oxygen atoms in total. The van der Waals surface area contributed by atoms with Crippen LogP contribution in [0.3, 0.4) is 0 Å². The molecule has 1 aromatic rings. The molecule has 0 aliphatic carbocycles. The predicted octanol–water partition coefficient (Wildman–Crippen LogP) is 0.563. The Morgan fingerprint density at radius 2 is 2.00 bits per heavy atom. The van der Waals surface area contributed by atoms with Gasteiger partial charge < -0.3 is 5.11 Å². The maximum atomic E-state index is 10.2. The van der Waals surface area contributed by atoms with Gasteiger partial charge in [0, 0.05) is 6.92 Å². The molecular weight excluding hydrogens is 391 g/mol. The number of nitro groups is 1. The van der Waals surface area contributed by atoms with Crippen LogP contribution >= 0.6 is 0 Å². The number of benzene rings is 1. The molecule has 0 bridgehead atoms. The Kier molecular flexibility index (Phi) is 5.84. The van der Waals surface area contributed by atoms with Gasteiger partial charge in [0.25, 0.3) is 5.97 Å². The average molecular weight is 399 g/mol. The van der Waals surface area contributed by atoms with Crippen LogP contribution in [0.25, 0.3) is 0 Å². The van der Waals surface area contributed by atoms with Crippen molar-refractivity contribution in [1.82, 2.24) is 0 Å². The minimum atomic E-state index is -0.833. The number of aromatic hydroxyl groups is 1. The van der Waals surface area contributed by atoms with Gasteiger partial charge in [0.1, 0.15) is 0 Å². The van der Waals surface area contributed by atoms with E-state index in [4.69, 9.17) is 15.0 Å². The first-order chi connectivity index (χ1) is 6.84. The van der Waals surface area contributed by atoms with Crippen molar-refractivity contribution < 1.29 is 46.1 Å². The van der Waals surface area contributed by atoms with Crippen molar-refractivity contribution >= 4 is 14.7 Å². The third-order valence-electron chi connectivity index (χ3n) is 1.27. The molecule has 0 spiro atoms. The molecule has 0 radical (unpaired) electrons. The molecule has 0 aromatic heterocycles. The number of carboxylic acid groups (broad SMARTS) is 1. The van der Waals surface area contributed by atoms with E-state index in [9.17, 15) is 10.1 Å². The van der Waals surface area contributed by atoms with Crippen LogP contribution in [0.15, 0.2) is 18.2 Å². The molecule has 1 rings (SSSR count).